The molecule has 0 radical (unpaired) electrons. The Kier molecular flexibility index (Phi) is 5.00. The van der Waals surface area contributed by atoms with E-state index in [1.54, 1.807) is 0 Å². The lowest BCUT2D eigenvalue weighted by Gasteiger charge is -2.04. The van der Waals surface area contributed by atoms with Gasteiger partial charge in [0.05, 0.1) is 15.6 Å². The highest BCUT2D eigenvalue weighted by Crippen LogP contribution is 2.24. The topological polar surface area (TPSA) is 105 Å². The largest absolute Gasteiger partial charge is 0.348 e. The minimum Gasteiger partial charge on any atom is -0.348 e. The summed E-state index contributed by atoms with van der Waals surface area (Å²) in [5.74, 6) is -1.59. The molecule has 3 rings (SSSR count). The molecule has 2 N–H and O–H groups in total. The number of carbonyl (C=O) groups excluding carboxylic acids is 2. The maximum absolute atomic E-state index is 13.2. The van der Waals surface area contributed by atoms with E-state index in [0.717, 1.165) is 12.1 Å². The van der Waals surface area contributed by atoms with Crippen LogP contribution in [0.15, 0.2) is 54.6 Å². The molecule has 0 unspecified atom stereocenters. The van der Waals surface area contributed by atoms with E-state index in [0.29, 0.717) is 0 Å². The van der Waals surface area contributed by atoms with Gasteiger partial charge in [-0.25, -0.2) is 4.39 Å². The molecule has 7 nitrogen and oxygen atoms in total. The number of nitro benzene ring substituents is 1. The van der Waals surface area contributed by atoms with Crippen molar-refractivity contribution in [1.82, 2.24) is 4.98 Å². The molecule has 3 aromatic rings. The summed E-state index contributed by atoms with van der Waals surface area (Å²) >= 11 is 5.96. The third-order valence-corrected chi connectivity index (χ3v) is 3.98. The van der Waals surface area contributed by atoms with Crippen molar-refractivity contribution in [3.05, 3.63) is 92.5 Å². The van der Waals surface area contributed by atoms with Gasteiger partial charge in [-0.05, 0) is 36.4 Å². The zero-order chi connectivity index (χ0) is 19.6. The SMILES string of the molecule is O=C(Nc1cccc(F)c1)c1ccc(C(=O)c2ccc([N+](=O)[O-])cc2Cl)[nH]1. The van der Waals surface area contributed by atoms with Gasteiger partial charge in [0.2, 0.25) is 5.78 Å². The summed E-state index contributed by atoms with van der Waals surface area (Å²) in [5.41, 5.74) is 0.246. The quantitative estimate of drug-likeness (QED) is 0.389. The number of ketones is 1. The monoisotopic (exact) mass is 387 g/mol. The van der Waals surface area contributed by atoms with Gasteiger partial charge in [-0.15, -0.1) is 0 Å². The number of amides is 1. The maximum atomic E-state index is 13.2. The van der Waals surface area contributed by atoms with E-state index >= 15 is 0 Å². The molecule has 136 valence electrons. The third kappa shape index (κ3) is 4.01. The van der Waals surface area contributed by atoms with Crippen molar-refractivity contribution in [3.8, 4) is 0 Å². The summed E-state index contributed by atoms with van der Waals surface area (Å²) in [6.07, 6.45) is 0. The van der Waals surface area contributed by atoms with E-state index < -0.39 is 22.4 Å². The molecule has 0 spiro atoms. The Hall–Kier alpha value is -3.52. The average Bonchev–Trinajstić information content (AvgIpc) is 3.11. The molecular weight excluding hydrogens is 377 g/mol. The Labute approximate surface area is 156 Å². The van der Waals surface area contributed by atoms with Crippen molar-refractivity contribution in [3.63, 3.8) is 0 Å². The molecule has 0 aliphatic carbocycles. The van der Waals surface area contributed by atoms with Gasteiger partial charge in [-0.1, -0.05) is 17.7 Å². The second-order valence-electron chi connectivity index (χ2n) is 5.50. The van der Waals surface area contributed by atoms with Crippen LogP contribution in [0.5, 0.6) is 0 Å². The Morgan fingerprint density at radius 1 is 1.07 bits per heavy atom. The van der Waals surface area contributed by atoms with Crippen molar-refractivity contribution in [2.75, 3.05) is 5.32 Å². The van der Waals surface area contributed by atoms with Crippen molar-refractivity contribution in [2.45, 2.75) is 0 Å². The molecule has 1 aromatic heterocycles. The van der Waals surface area contributed by atoms with Gasteiger partial charge in [0.25, 0.3) is 11.6 Å². The number of benzene rings is 2. The van der Waals surface area contributed by atoms with Crippen molar-refractivity contribution in [2.24, 2.45) is 0 Å². The maximum Gasteiger partial charge on any atom is 0.272 e. The second-order valence-corrected chi connectivity index (χ2v) is 5.91. The van der Waals surface area contributed by atoms with Crippen LogP contribution in [0.25, 0.3) is 0 Å². The zero-order valence-electron chi connectivity index (χ0n) is 13.5. The number of nitrogens with one attached hydrogen (secondary N) is 2. The first-order chi connectivity index (χ1) is 12.8. The number of aromatic amines is 1. The second kappa shape index (κ2) is 7.38. The van der Waals surface area contributed by atoms with Crippen LogP contribution in [-0.4, -0.2) is 21.6 Å². The van der Waals surface area contributed by atoms with E-state index in [-0.39, 0.29) is 33.3 Å². The fraction of sp³-hybridized carbons (Fsp3) is 0. The molecule has 0 saturated heterocycles. The van der Waals surface area contributed by atoms with Gasteiger partial charge in [0.15, 0.2) is 0 Å². The lowest BCUT2D eigenvalue weighted by atomic mass is 10.1. The minimum atomic E-state index is -0.621. The van der Waals surface area contributed by atoms with E-state index in [2.05, 4.69) is 10.3 Å². The summed E-state index contributed by atoms with van der Waals surface area (Å²) in [6, 6.07) is 11.6. The van der Waals surface area contributed by atoms with Gasteiger partial charge in [-0.2, -0.15) is 0 Å². The van der Waals surface area contributed by atoms with E-state index in [1.807, 2.05) is 0 Å². The van der Waals surface area contributed by atoms with E-state index in [4.69, 9.17) is 11.6 Å². The first kappa shape index (κ1) is 18.3. The number of hydrogen-bond donors (Lipinski definition) is 2. The number of H-pyrrole nitrogens is 1. The summed E-state index contributed by atoms with van der Waals surface area (Å²) in [7, 11) is 0. The Bertz CT molecular complexity index is 1060. The fourth-order valence-electron chi connectivity index (χ4n) is 2.37. The van der Waals surface area contributed by atoms with Gasteiger partial charge < -0.3 is 10.3 Å². The third-order valence-electron chi connectivity index (χ3n) is 3.67. The van der Waals surface area contributed by atoms with Crippen LogP contribution in [0.1, 0.15) is 26.5 Å². The number of carbonyl (C=O) groups is 2. The number of non-ortho nitro benzene ring substituents is 1. The van der Waals surface area contributed by atoms with Crippen LogP contribution < -0.4 is 5.32 Å². The van der Waals surface area contributed by atoms with Crippen LogP contribution >= 0.6 is 11.6 Å². The standard InChI is InChI=1S/C18H11ClFN3O4/c19-14-9-12(23(26)27)4-5-13(14)17(24)15-6-7-16(22-15)18(25)21-11-3-1-2-10(20)8-11/h1-9,22H,(H,21,25). The van der Waals surface area contributed by atoms with Crippen LogP contribution in [0, 0.1) is 15.9 Å². The normalized spacial score (nSPS) is 10.4. The van der Waals surface area contributed by atoms with E-state index in [1.165, 1.54) is 42.5 Å². The summed E-state index contributed by atoms with van der Waals surface area (Å²) in [4.78, 5) is 37.5. The Morgan fingerprint density at radius 2 is 1.81 bits per heavy atom. The first-order valence-electron chi connectivity index (χ1n) is 7.60. The Balaban J connectivity index is 1.80. The minimum absolute atomic E-state index is 0.0567. The molecule has 0 atom stereocenters. The predicted molar refractivity (Wildman–Crippen MR) is 96.7 cm³/mol. The van der Waals surface area contributed by atoms with Crippen molar-refractivity contribution >= 4 is 34.7 Å². The lowest BCUT2D eigenvalue weighted by Crippen LogP contribution is -2.13. The summed E-state index contributed by atoms with van der Waals surface area (Å²) in [5, 5.41) is 13.2. The van der Waals surface area contributed by atoms with E-state index in [9.17, 15) is 24.1 Å². The molecule has 0 aliphatic heterocycles. The number of nitro groups is 1. The van der Waals surface area contributed by atoms with Gasteiger partial charge in [-0.3, -0.25) is 19.7 Å². The zero-order valence-corrected chi connectivity index (χ0v) is 14.3. The number of halogens is 2. The summed E-state index contributed by atoms with van der Waals surface area (Å²) in [6.45, 7) is 0. The number of anilines is 1. The van der Waals surface area contributed by atoms with Crippen molar-refractivity contribution < 1.29 is 18.9 Å². The Morgan fingerprint density at radius 3 is 2.48 bits per heavy atom. The predicted octanol–water partition coefficient (Wildman–Crippen LogP) is 4.20. The molecule has 0 fully saturated rings. The highest BCUT2D eigenvalue weighted by molar-refractivity contribution is 6.35. The van der Waals surface area contributed by atoms with Crippen LogP contribution in [0.3, 0.4) is 0 Å². The molecule has 2 aromatic carbocycles. The molecule has 1 amide bonds. The van der Waals surface area contributed by atoms with Gasteiger partial charge in [0.1, 0.15) is 11.5 Å². The van der Waals surface area contributed by atoms with Gasteiger partial charge in [0, 0.05) is 23.4 Å². The number of hydrogen-bond acceptors (Lipinski definition) is 4. The molecular formula is C18H11ClFN3O4. The highest BCUT2D eigenvalue weighted by Gasteiger charge is 2.19. The average molecular weight is 388 g/mol. The van der Waals surface area contributed by atoms with Crippen LogP contribution in [0.4, 0.5) is 15.8 Å². The lowest BCUT2D eigenvalue weighted by molar-refractivity contribution is -0.384. The molecule has 0 aliphatic rings. The summed E-state index contributed by atoms with van der Waals surface area (Å²) < 4.78 is 13.2. The number of rotatable bonds is 5. The van der Waals surface area contributed by atoms with Crippen LogP contribution in [0.2, 0.25) is 5.02 Å². The number of aromatic nitrogens is 1. The van der Waals surface area contributed by atoms with Gasteiger partial charge >= 0.3 is 0 Å². The highest BCUT2D eigenvalue weighted by atomic mass is 35.5. The molecule has 0 saturated carbocycles. The molecule has 27 heavy (non-hydrogen) atoms. The molecule has 9 heteroatoms. The molecule has 1 heterocycles. The molecule has 0 bridgehead atoms. The van der Waals surface area contributed by atoms with Crippen LogP contribution in [-0.2, 0) is 0 Å². The smallest absolute Gasteiger partial charge is 0.272 e. The van der Waals surface area contributed by atoms with Crippen molar-refractivity contribution in [1.29, 1.82) is 0 Å². The number of nitrogens with zero attached hydrogens (tertiary/aromatic N) is 1. The fourth-order valence-corrected chi connectivity index (χ4v) is 2.63. The first-order valence-corrected chi connectivity index (χ1v) is 7.97.